The van der Waals surface area contributed by atoms with Gasteiger partial charge >= 0.3 is 0 Å². The van der Waals surface area contributed by atoms with Crippen molar-refractivity contribution in [3.8, 4) is 0 Å². The first-order valence-corrected chi connectivity index (χ1v) is 6.58. The first kappa shape index (κ1) is 14.4. The van der Waals surface area contributed by atoms with Crippen molar-refractivity contribution < 1.29 is 13.9 Å². The summed E-state index contributed by atoms with van der Waals surface area (Å²) in [6.07, 6.45) is -0.0884. The molecule has 2 nitrogen and oxygen atoms in total. The van der Waals surface area contributed by atoms with Crippen molar-refractivity contribution in [1.82, 2.24) is 0 Å². The van der Waals surface area contributed by atoms with Crippen LogP contribution in [0.1, 0.15) is 24.2 Å². The molecule has 20 heavy (non-hydrogen) atoms. The number of hydrogen-bond acceptors (Lipinski definition) is 2. The molecule has 0 radical (unpaired) electrons. The predicted octanol–water partition coefficient (Wildman–Crippen LogP) is 3.72. The smallest absolute Gasteiger partial charge is 0.162 e. The van der Waals surface area contributed by atoms with Crippen LogP contribution < -0.4 is 0 Å². The number of Topliss-reactive ketones (excluding diaryl/α,β-unsaturated/α-hetero) is 1. The maximum absolute atomic E-state index is 13.4. The molecule has 3 heteroatoms. The topological polar surface area (TPSA) is 26.3 Å². The lowest BCUT2D eigenvalue weighted by Gasteiger charge is -2.12. The monoisotopic (exact) mass is 272 g/mol. The fourth-order valence-corrected chi connectivity index (χ4v) is 1.94. The Balaban J connectivity index is 1.85. The second-order valence-electron chi connectivity index (χ2n) is 4.67. The summed E-state index contributed by atoms with van der Waals surface area (Å²) in [5.74, 6) is -0.477. The number of halogens is 1. The first-order chi connectivity index (χ1) is 9.66. The number of hydrogen-bond donors (Lipinski definition) is 0. The summed E-state index contributed by atoms with van der Waals surface area (Å²) in [5.41, 5.74) is 1.43. The molecule has 104 valence electrons. The Morgan fingerprint density at radius 3 is 2.45 bits per heavy atom. The third-order valence-electron chi connectivity index (χ3n) is 3.11. The number of carbonyl (C=O) groups is 1. The molecule has 2 aromatic carbocycles. The average molecular weight is 272 g/mol. The van der Waals surface area contributed by atoms with Crippen molar-refractivity contribution in [2.24, 2.45) is 0 Å². The van der Waals surface area contributed by atoms with Crippen LogP contribution in [0.2, 0.25) is 0 Å². The van der Waals surface area contributed by atoms with E-state index in [-0.39, 0.29) is 30.7 Å². The second-order valence-corrected chi connectivity index (χ2v) is 4.67. The van der Waals surface area contributed by atoms with Crippen LogP contribution in [0.3, 0.4) is 0 Å². The Bertz CT molecular complexity index is 566. The summed E-state index contributed by atoms with van der Waals surface area (Å²) < 4.78 is 19.0. The fraction of sp³-hybridized carbons (Fsp3) is 0.235. The van der Waals surface area contributed by atoms with Crippen molar-refractivity contribution in [1.29, 1.82) is 0 Å². The zero-order valence-corrected chi connectivity index (χ0v) is 11.4. The van der Waals surface area contributed by atoms with Gasteiger partial charge in [0.1, 0.15) is 12.4 Å². The summed E-state index contributed by atoms with van der Waals surface area (Å²) in [4.78, 5) is 11.8. The molecule has 0 aliphatic heterocycles. The lowest BCUT2D eigenvalue weighted by molar-refractivity contribution is -0.124. The van der Waals surface area contributed by atoms with Gasteiger partial charge in [0.25, 0.3) is 0 Å². The number of rotatable bonds is 6. The lowest BCUT2D eigenvalue weighted by atomic mass is 10.1. The summed E-state index contributed by atoms with van der Waals surface area (Å²) in [5, 5.41) is 0. The molecule has 1 atom stereocenters. The van der Waals surface area contributed by atoms with Crippen molar-refractivity contribution in [2.75, 3.05) is 6.61 Å². The zero-order chi connectivity index (χ0) is 14.4. The van der Waals surface area contributed by atoms with E-state index in [0.717, 1.165) is 5.56 Å². The van der Waals surface area contributed by atoms with Crippen LogP contribution in [-0.4, -0.2) is 12.4 Å². The standard InChI is InChI=1S/C17H17FO2/c1-13(14-7-3-2-4-8-14)20-12-16(19)11-15-9-5-6-10-17(15)18/h2-10,13H,11-12H2,1H3. The van der Waals surface area contributed by atoms with E-state index in [1.54, 1.807) is 18.2 Å². The van der Waals surface area contributed by atoms with Gasteiger partial charge in [-0.25, -0.2) is 4.39 Å². The van der Waals surface area contributed by atoms with Crippen LogP contribution in [0, 0.1) is 5.82 Å². The minimum absolute atomic E-state index is 0.00953. The molecular formula is C17H17FO2. The van der Waals surface area contributed by atoms with E-state index in [2.05, 4.69) is 0 Å². The maximum Gasteiger partial charge on any atom is 0.162 e. The van der Waals surface area contributed by atoms with Crippen molar-refractivity contribution >= 4 is 5.78 Å². The van der Waals surface area contributed by atoms with Gasteiger partial charge in [-0.1, -0.05) is 48.5 Å². The largest absolute Gasteiger partial charge is 0.366 e. The van der Waals surface area contributed by atoms with Crippen molar-refractivity contribution in [3.63, 3.8) is 0 Å². The molecule has 0 aromatic heterocycles. The average Bonchev–Trinajstić information content (AvgIpc) is 2.48. The molecule has 0 heterocycles. The molecule has 2 rings (SSSR count). The van der Waals surface area contributed by atoms with Gasteiger partial charge in [0.2, 0.25) is 0 Å². The van der Waals surface area contributed by atoms with Crippen LogP contribution in [0.25, 0.3) is 0 Å². The van der Waals surface area contributed by atoms with E-state index in [9.17, 15) is 9.18 Å². The highest BCUT2D eigenvalue weighted by molar-refractivity contribution is 5.82. The van der Waals surface area contributed by atoms with Crippen molar-refractivity contribution in [3.05, 3.63) is 71.5 Å². The molecule has 0 aliphatic rings. The van der Waals surface area contributed by atoms with Gasteiger partial charge < -0.3 is 4.74 Å². The van der Waals surface area contributed by atoms with E-state index < -0.39 is 0 Å². The van der Waals surface area contributed by atoms with Gasteiger partial charge in [0, 0.05) is 6.42 Å². The van der Waals surface area contributed by atoms with E-state index in [1.165, 1.54) is 6.07 Å². The fourth-order valence-electron chi connectivity index (χ4n) is 1.94. The number of carbonyl (C=O) groups excluding carboxylic acids is 1. The summed E-state index contributed by atoms with van der Waals surface area (Å²) in [6.45, 7) is 1.89. The summed E-state index contributed by atoms with van der Waals surface area (Å²) in [7, 11) is 0. The van der Waals surface area contributed by atoms with Crippen molar-refractivity contribution in [2.45, 2.75) is 19.4 Å². The molecule has 2 aromatic rings. The van der Waals surface area contributed by atoms with Gasteiger partial charge in [-0.3, -0.25) is 4.79 Å². The summed E-state index contributed by atoms with van der Waals surface area (Å²) in [6, 6.07) is 16.0. The van der Waals surface area contributed by atoms with E-state index >= 15 is 0 Å². The molecule has 0 aliphatic carbocycles. The summed E-state index contributed by atoms with van der Waals surface area (Å²) >= 11 is 0. The third-order valence-corrected chi connectivity index (χ3v) is 3.11. The number of benzene rings is 2. The molecule has 0 saturated heterocycles. The van der Waals surface area contributed by atoms with E-state index in [4.69, 9.17) is 4.74 Å². The highest BCUT2D eigenvalue weighted by atomic mass is 19.1. The second kappa shape index (κ2) is 6.96. The Labute approximate surface area is 118 Å². The number of ketones is 1. The Kier molecular flexibility index (Phi) is 5.02. The lowest BCUT2D eigenvalue weighted by Crippen LogP contribution is -2.14. The molecular weight excluding hydrogens is 255 g/mol. The third kappa shape index (κ3) is 4.00. The van der Waals surface area contributed by atoms with Crippen LogP contribution in [0.15, 0.2) is 54.6 Å². The Morgan fingerprint density at radius 1 is 1.10 bits per heavy atom. The van der Waals surface area contributed by atoms with Gasteiger partial charge in [-0.15, -0.1) is 0 Å². The quantitative estimate of drug-likeness (QED) is 0.801. The molecule has 0 amide bonds. The number of ether oxygens (including phenoxy) is 1. The molecule has 0 spiro atoms. The first-order valence-electron chi connectivity index (χ1n) is 6.58. The molecule has 0 bridgehead atoms. The van der Waals surface area contributed by atoms with E-state index in [1.807, 2.05) is 37.3 Å². The van der Waals surface area contributed by atoms with Crippen LogP contribution >= 0.6 is 0 Å². The molecule has 0 N–H and O–H groups in total. The normalized spacial score (nSPS) is 12.1. The minimum Gasteiger partial charge on any atom is -0.366 e. The maximum atomic E-state index is 13.4. The molecule has 1 unspecified atom stereocenters. The Hall–Kier alpha value is -2.00. The van der Waals surface area contributed by atoms with Crippen LogP contribution in [0.4, 0.5) is 4.39 Å². The van der Waals surface area contributed by atoms with E-state index in [0.29, 0.717) is 5.56 Å². The Morgan fingerprint density at radius 2 is 1.75 bits per heavy atom. The molecule has 0 saturated carbocycles. The van der Waals surface area contributed by atoms with Crippen LogP contribution in [0.5, 0.6) is 0 Å². The van der Waals surface area contributed by atoms with Gasteiger partial charge in [0.15, 0.2) is 5.78 Å². The van der Waals surface area contributed by atoms with Crippen LogP contribution in [-0.2, 0) is 16.0 Å². The van der Waals surface area contributed by atoms with Gasteiger partial charge in [0.05, 0.1) is 6.10 Å². The zero-order valence-electron chi connectivity index (χ0n) is 11.4. The highest BCUT2D eigenvalue weighted by Crippen LogP contribution is 2.16. The minimum atomic E-state index is -0.350. The predicted molar refractivity (Wildman–Crippen MR) is 75.9 cm³/mol. The SMILES string of the molecule is CC(OCC(=O)Cc1ccccc1F)c1ccccc1. The van der Waals surface area contributed by atoms with Gasteiger partial charge in [-0.05, 0) is 24.1 Å². The van der Waals surface area contributed by atoms with Gasteiger partial charge in [-0.2, -0.15) is 0 Å². The molecule has 0 fully saturated rings. The highest BCUT2D eigenvalue weighted by Gasteiger charge is 2.11.